The van der Waals surface area contributed by atoms with E-state index in [0.717, 1.165) is 22.4 Å². The predicted octanol–water partition coefficient (Wildman–Crippen LogP) is 3.87. The summed E-state index contributed by atoms with van der Waals surface area (Å²) >= 11 is 0. The van der Waals surface area contributed by atoms with Crippen LogP contribution in [0.1, 0.15) is 36.8 Å². The van der Waals surface area contributed by atoms with Gasteiger partial charge in [-0.2, -0.15) is 4.98 Å². The third kappa shape index (κ3) is 5.34. The van der Waals surface area contributed by atoms with Gasteiger partial charge in [0.05, 0.1) is 13.7 Å². The summed E-state index contributed by atoms with van der Waals surface area (Å²) in [5.74, 6) is 2.23. The Kier molecular flexibility index (Phi) is 6.49. The third-order valence-electron chi connectivity index (χ3n) is 4.38. The highest BCUT2D eigenvalue weighted by Crippen LogP contribution is 2.27. The second-order valence-corrected chi connectivity index (χ2v) is 7.01. The van der Waals surface area contributed by atoms with Crippen LogP contribution >= 0.6 is 0 Å². The fourth-order valence-electron chi connectivity index (χ4n) is 2.82. The number of ether oxygens (including phenoxy) is 2. The van der Waals surface area contributed by atoms with Crippen LogP contribution in [0.4, 0.5) is 0 Å². The largest absolute Gasteiger partial charge is 0.497 e. The Morgan fingerprint density at radius 1 is 1.21 bits per heavy atom. The first-order chi connectivity index (χ1) is 14.0. The van der Waals surface area contributed by atoms with Gasteiger partial charge in [0.1, 0.15) is 11.5 Å². The summed E-state index contributed by atoms with van der Waals surface area (Å²) in [5, 5.41) is 6.68. The average Bonchev–Trinajstić information content (AvgIpc) is 3.19. The lowest BCUT2D eigenvalue weighted by Gasteiger charge is -2.14. The third-order valence-corrected chi connectivity index (χ3v) is 4.38. The maximum atomic E-state index is 12.2. The van der Waals surface area contributed by atoms with Gasteiger partial charge in [0.2, 0.25) is 11.7 Å². The first-order valence-corrected chi connectivity index (χ1v) is 9.43. The van der Waals surface area contributed by atoms with Crippen LogP contribution in [-0.2, 0) is 11.3 Å². The molecule has 0 fully saturated rings. The molecule has 1 N–H and O–H groups in total. The van der Waals surface area contributed by atoms with E-state index < -0.39 is 0 Å². The standard InChI is InChI=1S/C22H25N3O4/c1-14(2)18-9-8-15(3)10-19(18)28-13-20(26)23-12-21-24-22(25-29-21)16-6-5-7-17(11-16)27-4/h5-11,14H,12-13H2,1-4H3,(H,23,26). The molecule has 0 aliphatic heterocycles. The number of aryl methyl sites for hydroxylation is 1. The molecule has 0 bridgehead atoms. The summed E-state index contributed by atoms with van der Waals surface area (Å²) in [7, 11) is 1.60. The predicted molar refractivity (Wildman–Crippen MR) is 109 cm³/mol. The molecule has 0 saturated heterocycles. The van der Waals surface area contributed by atoms with Crippen molar-refractivity contribution in [3.8, 4) is 22.9 Å². The maximum absolute atomic E-state index is 12.2. The molecule has 0 saturated carbocycles. The van der Waals surface area contributed by atoms with Gasteiger partial charge in [-0.05, 0) is 42.2 Å². The SMILES string of the molecule is COc1cccc(-c2noc(CNC(=O)COc3cc(C)ccc3C(C)C)n2)c1. The number of aromatic nitrogens is 2. The number of rotatable bonds is 8. The van der Waals surface area contributed by atoms with Crippen molar-refractivity contribution in [3.63, 3.8) is 0 Å². The molecule has 2 aromatic carbocycles. The molecule has 7 nitrogen and oxygen atoms in total. The van der Waals surface area contributed by atoms with Crippen LogP contribution in [-0.4, -0.2) is 29.8 Å². The molecular formula is C22H25N3O4. The number of hydrogen-bond donors (Lipinski definition) is 1. The van der Waals surface area contributed by atoms with Crippen molar-refractivity contribution in [2.45, 2.75) is 33.2 Å². The van der Waals surface area contributed by atoms with Gasteiger partial charge < -0.3 is 19.3 Å². The molecule has 0 radical (unpaired) electrons. The van der Waals surface area contributed by atoms with Crippen LogP contribution < -0.4 is 14.8 Å². The normalized spacial score (nSPS) is 10.8. The number of nitrogens with zero attached hydrogens (tertiary/aromatic N) is 2. The molecule has 152 valence electrons. The fourth-order valence-corrected chi connectivity index (χ4v) is 2.82. The van der Waals surface area contributed by atoms with Gasteiger partial charge in [0, 0.05) is 5.56 Å². The second kappa shape index (κ2) is 9.23. The zero-order valence-electron chi connectivity index (χ0n) is 17.1. The summed E-state index contributed by atoms with van der Waals surface area (Å²) in [6.07, 6.45) is 0. The van der Waals surface area contributed by atoms with Crippen LogP contribution in [0.15, 0.2) is 47.0 Å². The van der Waals surface area contributed by atoms with E-state index in [4.69, 9.17) is 14.0 Å². The molecule has 29 heavy (non-hydrogen) atoms. The molecule has 0 aliphatic rings. The molecule has 7 heteroatoms. The van der Waals surface area contributed by atoms with E-state index in [1.165, 1.54) is 0 Å². The highest BCUT2D eigenvalue weighted by Gasteiger charge is 2.13. The van der Waals surface area contributed by atoms with E-state index in [0.29, 0.717) is 23.4 Å². The lowest BCUT2D eigenvalue weighted by molar-refractivity contribution is -0.123. The summed E-state index contributed by atoms with van der Waals surface area (Å²) in [5.41, 5.74) is 2.93. The topological polar surface area (TPSA) is 86.5 Å². The second-order valence-electron chi connectivity index (χ2n) is 7.01. The summed E-state index contributed by atoms with van der Waals surface area (Å²) in [6, 6.07) is 13.4. The highest BCUT2D eigenvalue weighted by atomic mass is 16.5. The zero-order chi connectivity index (χ0) is 20.8. The van der Waals surface area contributed by atoms with Crippen LogP contribution in [0.5, 0.6) is 11.5 Å². The minimum atomic E-state index is -0.262. The van der Waals surface area contributed by atoms with Gasteiger partial charge in [-0.25, -0.2) is 0 Å². The van der Waals surface area contributed by atoms with Crippen molar-refractivity contribution in [1.82, 2.24) is 15.5 Å². The van der Waals surface area contributed by atoms with Crippen LogP contribution in [0.25, 0.3) is 11.4 Å². The van der Waals surface area contributed by atoms with Gasteiger partial charge in [-0.15, -0.1) is 0 Å². The molecular weight excluding hydrogens is 370 g/mol. The number of benzene rings is 2. The molecule has 0 atom stereocenters. The van der Waals surface area contributed by atoms with E-state index in [1.807, 2.05) is 49.4 Å². The Balaban J connectivity index is 1.55. The minimum Gasteiger partial charge on any atom is -0.497 e. The Bertz CT molecular complexity index is 982. The van der Waals surface area contributed by atoms with Crippen molar-refractivity contribution in [2.75, 3.05) is 13.7 Å². The Hall–Kier alpha value is -3.35. The monoisotopic (exact) mass is 395 g/mol. The number of nitrogens with one attached hydrogen (secondary N) is 1. The number of amides is 1. The molecule has 1 aromatic heterocycles. The van der Waals surface area contributed by atoms with Gasteiger partial charge in [-0.1, -0.05) is 43.3 Å². The van der Waals surface area contributed by atoms with Gasteiger partial charge >= 0.3 is 0 Å². The number of methoxy groups -OCH3 is 1. The van der Waals surface area contributed by atoms with Crippen LogP contribution in [0.2, 0.25) is 0 Å². The number of hydrogen-bond acceptors (Lipinski definition) is 6. The van der Waals surface area contributed by atoms with E-state index in [-0.39, 0.29) is 19.1 Å². The van der Waals surface area contributed by atoms with Crippen molar-refractivity contribution in [1.29, 1.82) is 0 Å². The maximum Gasteiger partial charge on any atom is 0.258 e. The summed E-state index contributed by atoms with van der Waals surface area (Å²) in [6.45, 7) is 6.22. The van der Waals surface area contributed by atoms with Crippen molar-refractivity contribution in [2.24, 2.45) is 0 Å². The first-order valence-electron chi connectivity index (χ1n) is 9.43. The van der Waals surface area contributed by atoms with Crippen molar-refractivity contribution >= 4 is 5.91 Å². The summed E-state index contributed by atoms with van der Waals surface area (Å²) in [4.78, 5) is 16.5. The quantitative estimate of drug-likeness (QED) is 0.623. The molecule has 1 heterocycles. The highest BCUT2D eigenvalue weighted by molar-refractivity contribution is 5.77. The van der Waals surface area contributed by atoms with Crippen molar-refractivity contribution < 1.29 is 18.8 Å². The van der Waals surface area contributed by atoms with Gasteiger partial charge in [0.25, 0.3) is 5.91 Å². The summed E-state index contributed by atoms with van der Waals surface area (Å²) < 4.78 is 16.2. The molecule has 3 aromatic rings. The Labute approximate surface area is 170 Å². The van der Waals surface area contributed by atoms with E-state index in [9.17, 15) is 4.79 Å². The number of carbonyl (C=O) groups is 1. The van der Waals surface area contributed by atoms with Gasteiger partial charge in [0.15, 0.2) is 6.61 Å². The van der Waals surface area contributed by atoms with Crippen LogP contribution in [0, 0.1) is 6.92 Å². The van der Waals surface area contributed by atoms with Crippen LogP contribution in [0.3, 0.4) is 0 Å². The fraction of sp³-hybridized carbons (Fsp3) is 0.318. The Morgan fingerprint density at radius 3 is 2.79 bits per heavy atom. The smallest absolute Gasteiger partial charge is 0.258 e. The molecule has 3 rings (SSSR count). The lowest BCUT2D eigenvalue weighted by Crippen LogP contribution is -2.28. The Morgan fingerprint density at radius 2 is 2.03 bits per heavy atom. The molecule has 0 spiro atoms. The minimum absolute atomic E-state index is 0.0833. The average molecular weight is 395 g/mol. The number of carbonyl (C=O) groups excluding carboxylic acids is 1. The molecule has 1 amide bonds. The zero-order valence-corrected chi connectivity index (χ0v) is 17.1. The van der Waals surface area contributed by atoms with Crippen molar-refractivity contribution in [3.05, 3.63) is 59.5 Å². The first kappa shape index (κ1) is 20.4. The molecule has 0 unspecified atom stereocenters. The lowest BCUT2D eigenvalue weighted by atomic mass is 10.0. The van der Waals surface area contributed by atoms with E-state index in [1.54, 1.807) is 7.11 Å². The van der Waals surface area contributed by atoms with E-state index >= 15 is 0 Å². The molecule has 0 aliphatic carbocycles. The van der Waals surface area contributed by atoms with Gasteiger partial charge in [-0.3, -0.25) is 4.79 Å². The van der Waals surface area contributed by atoms with E-state index in [2.05, 4.69) is 29.3 Å².